The Morgan fingerprint density at radius 3 is 2.67 bits per heavy atom. The summed E-state index contributed by atoms with van der Waals surface area (Å²) in [6.07, 6.45) is 0.762. The van der Waals surface area contributed by atoms with E-state index in [9.17, 15) is 4.79 Å². The van der Waals surface area contributed by atoms with Crippen molar-refractivity contribution in [2.45, 2.75) is 33.3 Å². The van der Waals surface area contributed by atoms with Gasteiger partial charge in [0.25, 0.3) is 0 Å². The number of rotatable bonds is 6. The van der Waals surface area contributed by atoms with Crippen LogP contribution < -0.4 is 0 Å². The second kappa shape index (κ2) is 7.28. The molecule has 1 aromatic rings. The van der Waals surface area contributed by atoms with E-state index in [1.807, 2.05) is 6.92 Å². The zero-order valence-electron chi connectivity index (χ0n) is 10.8. The van der Waals surface area contributed by atoms with E-state index in [1.165, 1.54) is 0 Å². The maximum atomic E-state index is 11.3. The number of aromatic nitrogens is 2. The summed E-state index contributed by atoms with van der Waals surface area (Å²) in [6.45, 7) is 4.32. The lowest BCUT2D eigenvalue weighted by Crippen LogP contribution is -2.08. The van der Waals surface area contributed by atoms with E-state index < -0.39 is 0 Å². The molecule has 0 atom stereocenters. The SMILES string of the molecule is CCOC(=O)CCc1c(C)nc(COC)nc1Cl. The molecule has 1 rings (SSSR count). The number of halogens is 1. The number of carbonyl (C=O) groups is 1. The number of esters is 1. The zero-order chi connectivity index (χ0) is 13.5. The molecule has 0 spiro atoms. The maximum Gasteiger partial charge on any atom is 0.306 e. The lowest BCUT2D eigenvalue weighted by Gasteiger charge is -2.09. The van der Waals surface area contributed by atoms with Crippen molar-refractivity contribution in [3.63, 3.8) is 0 Å². The fourth-order valence-corrected chi connectivity index (χ4v) is 1.88. The van der Waals surface area contributed by atoms with E-state index in [0.717, 1.165) is 11.3 Å². The molecular formula is C12H17ClN2O3. The zero-order valence-corrected chi connectivity index (χ0v) is 11.6. The molecule has 0 N–H and O–H groups in total. The molecule has 0 saturated carbocycles. The molecule has 0 aliphatic heterocycles. The highest BCUT2D eigenvalue weighted by Crippen LogP contribution is 2.18. The van der Waals surface area contributed by atoms with Gasteiger partial charge in [-0.25, -0.2) is 9.97 Å². The van der Waals surface area contributed by atoms with Crippen LogP contribution in [0.25, 0.3) is 0 Å². The summed E-state index contributed by atoms with van der Waals surface area (Å²) in [7, 11) is 1.57. The van der Waals surface area contributed by atoms with Gasteiger partial charge >= 0.3 is 5.97 Å². The van der Waals surface area contributed by atoms with Crippen LogP contribution in [0.2, 0.25) is 5.15 Å². The van der Waals surface area contributed by atoms with Gasteiger partial charge in [0.1, 0.15) is 11.8 Å². The summed E-state index contributed by atoms with van der Waals surface area (Å²) >= 11 is 6.07. The van der Waals surface area contributed by atoms with E-state index in [4.69, 9.17) is 21.1 Å². The summed E-state index contributed by atoms with van der Waals surface area (Å²) in [6, 6.07) is 0. The van der Waals surface area contributed by atoms with Crippen LogP contribution in [-0.4, -0.2) is 29.7 Å². The fourth-order valence-electron chi connectivity index (χ4n) is 1.55. The largest absolute Gasteiger partial charge is 0.466 e. The van der Waals surface area contributed by atoms with Gasteiger partial charge in [0.2, 0.25) is 0 Å². The molecule has 0 aliphatic carbocycles. The topological polar surface area (TPSA) is 61.3 Å². The predicted molar refractivity (Wildman–Crippen MR) is 67.4 cm³/mol. The molecule has 0 fully saturated rings. The third kappa shape index (κ3) is 4.23. The minimum absolute atomic E-state index is 0.242. The van der Waals surface area contributed by atoms with Crippen LogP contribution in [0.4, 0.5) is 0 Å². The summed E-state index contributed by atoms with van der Waals surface area (Å²) in [4.78, 5) is 19.7. The van der Waals surface area contributed by atoms with Crippen molar-refractivity contribution in [2.24, 2.45) is 0 Å². The molecule has 18 heavy (non-hydrogen) atoms. The molecule has 0 unspecified atom stereocenters. The molecule has 0 radical (unpaired) electrons. The highest BCUT2D eigenvalue weighted by molar-refractivity contribution is 6.30. The standard InChI is InChI=1S/C12H17ClN2O3/c1-4-18-11(16)6-5-9-8(2)14-10(7-17-3)15-12(9)13/h4-7H2,1-3H3. The molecular weight excluding hydrogens is 256 g/mol. The molecule has 1 heterocycles. The number of nitrogens with zero attached hydrogens (tertiary/aromatic N) is 2. The normalized spacial score (nSPS) is 10.4. The highest BCUT2D eigenvalue weighted by Gasteiger charge is 2.12. The number of methoxy groups -OCH3 is 1. The van der Waals surface area contributed by atoms with Gasteiger partial charge in [0.05, 0.1) is 6.61 Å². The van der Waals surface area contributed by atoms with Crippen molar-refractivity contribution in [3.05, 3.63) is 22.2 Å². The van der Waals surface area contributed by atoms with Gasteiger partial charge in [-0.1, -0.05) is 11.6 Å². The van der Waals surface area contributed by atoms with Crippen molar-refractivity contribution in [2.75, 3.05) is 13.7 Å². The molecule has 0 bridgehead atoms. The smallest absolute Gasteiger partial charge is 0.306 e. The molecule has 0 aliphatic rings. The van der Waals surface area contributed by atoms with Crippen LogP contribution in [0.5, 0.6) is 0 Å². The Morgan fingerprint density at radius 2 is 2.11 bits per heavy atom. The van der Waals surface area contributed by atoms with Crippen LogP contribution >= 0.6 is 11.6 Å². The highest BCUT2D eigenvalue weighted by atomic mass is 35.5. The van der Waals surface area contributed by atoms with E-state index in [2.05, 4.69) is 9.97 Å². The summed E-state index contributed by atoms with van der Waals surface area (Å²) in [5.74, 6) is 0.300. The summed E-state index contributed by atoms with van der Waals surface area (Å²) < 4.78 is 9.81. The van der Waals surface area contributed by atoms with Crippen LogP contribution in [0.15, 0.2) is 0 Å². The second-order valence-corrected chi connectivity index (χ2v) is 4.09. The van der Waals surface area contributed by atoms with Crippen LogP contribution in [0.3, 0.4) is 0 Å². The Bertz CT molecular complexity index is 401. The first-order valence-corrected chi connectivity index (χ1v) is 6.12. The first kappa shape index (κ1) is 14.9. The Labute approximate surface area is 111 Å². The molecule has 1 aromatic heterocycles. The van der Waals surface area contributed by atoms with Gasteiger partial charge in [-0.15, -0.1) is 0 Å². The van der Waals surface area contributed by atoms with E-state index in [1.54, 1.807) is 14.0 Å². The van der Waals surface area contributed by atoms with E-state index >= 15 is 0 Å². The van der Waals surface area contributed by atoms with Crippen LogP contribution in [-0.2, 0) is 27.3 Å². The number of carbonyl (C=O) groups excluding carboxylic acids is 1. The lowest BCUT2D eigenvalue weighted by atomic mass is 10.1. The predicted octanol–water partition coefficient (Wildman–Crippen LogP) is 2.08. The number of hydrogen-bond donors (Lipinski definition) is 0. The van der Waals surface area contributed by atoms with Gasteiger partial charge < -0.3 is 9.47 Å². The van der Waals surface area contributed by atoms with Crippen molar-refractivity contribution in [1.29, 1.82) is 0 Å². The number of ether oxygens (including phenoxy) is 2. The van der Waals surface area contributed by atoms with Gasteiger partial charge in [0.15, 0.2) is 5.82 Å². The molecule has 0 saturated heterocycles. The van der Waals surface area contributed by atoms with Gasteiger partial charge in [-0.05, 0) is 20.3 Å². The molecule has 6 heteroatoms. The quantitative estimate of drug-likeness (QED) is 0.586. The Balaban J connectivity index is 2.74. The second-order valence-electron chi connectivity index (χ2n) is 3.73. The summed E-state index contributed by atoms with van der Waals surface area (Å²) in [5, 5.41) is 0.374. The van der Waals surface area contributed by atoms with Crippen molar-refractivity contribution in [1.82, 2.24) is 9.97 Å². The molecule has 100 valence electrons. The molecule has 0 amide bonds. The number of hydrogen-bond acceptors (Lipinski definition) is 5. The molecule has 0 aromatic carbocycles. The van der Waals surface area contributed by atoms with Crippen molar-refractivity contribution in [3.8, 4) is 0 Å². The van der Waals surface area contributed by atoms with Gasteiger partial charge in [-0.3, -0.25) is 4.79 Å². The lowest BCUT2D eigenvalue weighted by molar-refractivity contribution is -0.143. The fraction of sp³-hybridized carbons (Fsp3) is 0.583. The first-order chi connectivity index (χ1) is 8.58. The Hall–Kier alpha value is -1.20. The summed E-state index contributed by atoms with van der Waals surface area (Å²) in [5.41, 5.74) is 1.55. The van der Waals surface area contributed by atoms with E-state index in [0.29, 0.717) is 30.6 Å². The van der Waals surface area contributed by atoms with Crippen molar-refractivity contribution < 1.29 is 14.3 Å². The molecule has 5 nitrogen and oxygen atoms in total. The minimum Gasteiger partial charge on any atom is -0.466 e. The minimum atomic E-state index is -0.242. The first-order valence-electron chi connectivity index (χ1n) is 5.75. The number of aryl methyl sites for hydroxylation is 1. The van der Waals surface area contributed by atoms with Gasteiger partial charge in [0, 0.05) is 24.8 Å². The van der Waals surface area contributed by atoms with Gasteiger partial charge in [-0.2, -0.15) is 0 Å². The van der Waals surface area contributed by atoms with Crippen LogP contribution in [0.1, 0.15) is 30.4 Å². The third-order valence-corrected chi connectivity index (χ3v) is 2.68. The van der Waals surface area contributed by atoms with E-state index in [-0.39, 0.29) is 12.4 Å². The average Bonchev–Trinajstić information content (AvgIpc) is 2.28. The maximum absolute atomic E-state index is 11.3. The Morgan fingerprint density at radius 1 is 1.39 bits per heavy atom. The monoisotopic (exact) mass is 272 g/mol. The van der Waals surface area contributed by atoms with Crippen molar-refractivity contribution >= 4 is 17.6 Å². The Kier molecular flexibility index (Phi) is 6.01. The average molecular weight is 273 g/mol. The third-order valence-electron chi connectivity index (χ3n) is 2.37. The van der Waals surface area contributed by atoms with Crippen LogP contribution in [0, 0.1) is 6.92 Å².